The van der Waals surface area contributed by atoms with Gasteiger partial charge in [-0.15, -0.1) is 0 Å². The van der Waals surface area contributed by atoms with Gasteiger partial charge in [-0.25, -0.2) is 0 Å². The van der Waals surface area contributed by atoms with Gasteiger partial charge in [0.1, 0.15) is 17.2 Å². The smallest absolute Gasteiger partial charge is 0.202 e. The number of rotatable bonds is 4. The highest BCUT2D eigenvalue weighted by Crippen LogP contribution is 2.47. The second-order valence-electron chi connectivity index (χ2n) is 8.90. The van der Waals surface area contributed by atoms with E-state index in [0.717, 1.165) is 38.9 Å². The summed E-state index contributed by atoms with van der Waals surface area (Å²) < 4.78 is 5.29. The van der Waals surface area contributed by atoms with Crippen molar-refractivity contribution in [3.63, 3.8) is 0 Å². The summed E-state index contributed by atoms with van der Waals surface area (Å²) in [7, 11) is 1.44. The van der Waals surface area contributed by atoms with Crippen LogP contribution < -0.4 is 4.74 Å². The van der Waals surface area contributed by atoms with Crippen LogP contribution in [0.1, 0.15) is 62.2 Å². The lowest BCUT2D eigenvalue weighted by Gasteiger charge is -2.31. The summed E-state index contributed by atoms with van der Waals surface area (Å²) in [5.41, 5.74) is 1.38. The number of fused-ring (bicyclic) bond motifs is 3. The molecule has 1 heterocycles. The first-order valence-electron chi connectivity index (χ1n) is 11.2. The van der Waals surface area contributed by atoms with E-state index < -0.39 is 11.6 Å². The van der Waals surface area contributed by atoms with Gasteiger partial charge in [0.15, 0.2) is 5.78 Å². The van der Waals surface area contributed by atoms with Gasteiger partial charge in [-0.2, -0.15) is 0 Å². The average Bonchev–Trinajstić information content (AvgIpc) is 2.83. The van der Waals surface area contributed by atoms with Crippen LogP contribution >= 0.6 is 0 Å². The molecule has 1 aliphatic heterocycles. The Morgan fingerprint density at radius 2 is 1.81 bits per heavy atom. The molecule has 2 aromatic carbocycles. The van der Waals surface area contributed by atoms with E-state index in [1.54, 1.807) is 18.2 Å². The van der Waals surface area contributed by atoms with E-state index >= 15 is 0 Å². The Balaban J connectivity index is 1.50. The van der Waals surface area contributed by atoms with Gasteiger partial charge in [0.05, 0.1) is 23.8 Å². The van der Waals surface area contributed by atoms with Crippen molar-refractivity contribution in [3.8, 4) is 17.2 Å². The molecule has 1 unspecified atom stereocenters. The summed E-state index contributed by atoms with van der Waals surface area (Å²) in [6, 6.07) is 4.83. The monoisotopic (exact) mass is 433 g/mol. The number of phenolic OH excluding ortho intramolecular Hbond substituents is 2. The second-order valence-corrected chi connectivity index (χ2v) is 8.90. The molecular weight excluding hydrogens is 406 g/mol. The van der Waals surface area contributed by atoms with Gasteiger partial charge in [0.2, 0.25) is 5.78 Å². The number of nitrogens with zero attached hydrogens (tertiary/aromatic N) is 1. The van der Waals surface area contributed by atoms with Crippen LogP contribution in [0.15, 0.2) is 30.4 Å². The lowest BCUT2D eigenvalue weighted by molar-refractivity contribution is 0.0971. The number of ether oxygens (including phenoxy) is 1. The topological polar surface area (TPSA) is 87.1 Å². The van der Waals surface area contributed by atoms with Gasteiger partial charge in [0.25, 0.3) is 0 Å². The maximum Gasteiger partial charge on any atom is 0.202 e. The van der Waals surface area contributed by atoms with Crippen molar-refractivity contribution in [2.75, 3.05) is 26.7 Å². The van der Waals surface area contributed by atoms with Crippen LogP contribution in [0.2, 0.25) is 0 Å². The number of carbonyl (C=O) groups is 2. The predicted molar refractivity (Wildman–Crippen MR) is 120 cm³/mol. The van der Waals surface area contributed by atoms with Crippen molar-refractivity contribution in [2.45, 2.75) is 32.1 Å². The molecule has 5 rings (SSSR count). The molecule has 0 bridgehead atoms. The van der Waals surface area contributed by atoms with Gasteiger partial charge in [-0.3, -0.25) is 14.5 Å². The number of aromatic hydroxyl groups is 2. The largest absolute Gasteiger partial charge is 0.507 e. The van der Waals surface area contributed by atoms with Crippen molar-refractivity contribution in [2.24, 2.45) is 5.92 Å². The maximum absolute atomic E-state index is 13.3. The van der Waals surface area contributed by atoms with Gasteiger partial charge < -0.3 is 14.9 Å². The third-order valence-corrected chi connectivity index (χ3v) is 7.12. The number of hydrogen-bond donors (Lipinski definition) is 2. The minimum Gasteiger partial charge on any atom is -0.507 e. The molecule has 0 amide bonds. The highest BCUT2D eigenvalue weighted by Gasteiger charge is 2.40. The number of hydrogen-bond acceptors (Lipinski definition) is 6. The zero-order valence-electron chi connectivity index (χ0n) is 18.2. The summed E-state index contributed by atoms with van der Waals surface area (Å²) in [5, 5.41) is 22.2. The average molecular weight is 434 g/mol. The van der Waals surface area contributed by atoms with E-state index in [2.05, 4.69) is 17.1 Å². The normalized spacial score (nSPS) is 20.0. The zero-order chi connectivity index (χ0) is 22.4. The molecule has 6 nitrogen and oxygen atoms in total. The molecule has 6 heteroatoms. The first-order chi connectivity index (χ1) is 15.5. The van der Waals surface area contributed by atoms with Crippen LogP contribution in [0.25, 0.3) is 0 Å². The third-order valence-electron chi connectivity index (χ3n) is 7.12. The molecule has 2 aliphatic carbocycles. The van der Waals surface area contributed by atoms with Crippen LogP contribution in [0, 0.1) is 5.92 Å². The number of benzene rings is 2. The highest BCUT2D eigenvalue weighted by molar-refractivity contribution is 6.31. The first kappa shape index (κ1) is 20.8. The molecule has 3 aliphatic rings. The number of phenols is 2. The minimum atomic E-state index is -0.483. The van der Waals surface area contributed by atoms with Crippen LogP contribution in [-0.4, -0.2) is 53.4 Å². The van der Waals surface area contributed by atoms with E-state index in [9.17, 15) is 19.8 Å². The molecule has 0 aromatic heterocycles. The molecule has 2 N–H and O–H groups in total. The molecule has 1 atom stereocenters. The Morgan fingerprint density at radius 1 is 1.03 bits per heavy atom. The van der Waals surface area contributed by atoms with Crippen molar-refractivity contribution in [1.29, 1.82) is 0 Å². The molecular formula is C26H27NO5. The standard InChI is InChI=1S/C26H27NO5/c1-32-19-7-5-6-17-20(19)26(31)22-21(24(17)29)25(30)18-14-15(8-9-16(18)23(22)28)10-13-27-11-3-2-4-12-27/h2-3,5-7,15,28,30H,4,8-14H2,1H3. The van der Waals surface area contributed by atoms with Crippen LogP contribution in [0.3, 0.4) is 0 Å². The Morgan fingerprint density at radius 3 is 2.56 bits per heavy atom. The maximum atomic E-state index is 13.3. The minimum absolute atomic E-state index is 0.0752. The summed E-state index contributed by atoms with van der Waals surface area (Å²) in [6.45, 7) is 3.04. The quantitative estimate of drug-likeness (QED) is 0.483. The van der Waals surface area contributed by atoms with Crippen molar-refractivity contribution < 1.29 is 24.5 Å². The van der Waals surface area contributed by atoms with Crippen LogP contribution in [0.4, 0.5) is 0 Å². The van der Waals surface area contributed by atoms with E-state index in [1.165, 1.54) is 7.11 Å². The molecule has 0 saturated carbocycles. The Labute approximate surface area is 187 Å². The van der Waals surface area contributed by atoms with E-state index in [0.29, 0.717) is 29.9 Å². The molecule has 2 aromatic rings. The van der Waals surface area contributed by atoms with Gasteiger partial charge in [-0.1, -0.05) is 24.3 Å². The Kier molecular flexibility index (Phi) is 5.25. The van der Waals surface area contributed by atoms with Gasteiger partial charge in [0, 0.05) is 29.8 Å². The zero-order valence-corrected chi connectivity index (χ0v) is 18.2. The second kappa shape index (κ2) is 8.10. The van der Waals surface area contributed by atoms with Gasteiger partial charge in [-0.05, 0) is 50.6 Å². The fourth-order valence-electron chi connectivity index (χ4n) is 5.38. The van der Waals surface area contributed by atoms with E-state index in [4.69, 9.17) is 4.74 Å². The molecule has 0 saturated heterocycles. The highest BCUT2D eigenvalue weighted by atomic mass is 16.5. The summed E-state index contributed by atoms with van der Waals surface area (Å²) in [6.07, 6.45) is 8.54. The van der Waals surface area contributed by atoms with Crippen LogP contribution in [0.5, 0.6) is 17.2 Å². The molecule has 0 fully saturated rings. The SMILES string of the molecule is COc1cccc2c1C(=O)c1c(O)c3c(c(O)c1C2=O)CC(CCN1CC=CCC1)CC3. The Hall–Kier alpha value is -3.12. The van der Waals surface area contributed by atoms with Crippen LogP contribution in [-0.2, 0) is 12.8 Å². The van der Waals surface area contributed by atoms with E-state index in [-0.39, 0.29) is 39.5 Å². The molecule has 0 radical (unpaired) electrons. The summed E-state index contributed by atoms with van der Waals surface area (Å²) in [4.78, 5) is 29.0. The fraction of sp³-hybridized carbons (Fsp3) is 0.385. The number of ketones is 2. The van der Waals surface area contributed by atoms with Gasteiger partial charge >= 0.3 is 0 Å². The van der Waals surface area contributed by atoms with Crippen molar-refractivity contribution in [3.05, 3.63) is 63.7 Å². The first-order valence-corrected chi connectivity index (χ1v) is 11.2. The third kappa shape index (κ3) is 3.21. The number of methoxy groups -OCH3 is 1. The fourth-order valence-corrected chi connectivity index (χ4v) is 5.38. The molecule has 166 valence electrons. The molecule has 32 heavy (non-hydrogen) atoms. The summed E-state index contributed by atoms with van der Waals surface area (Å²) >= 11 is 0. The Bertz CT molecular complexity index is 1150. The lowest BCUT2D eigenvalue weighted by Crippen LogP contribution is -2.30. The lowest BCUT2D eigenvalue weighted by atomic mass is 9.75. The van der Waals surface area contributed by atoms with E-state index in [1.807, 2.05) is 0 Å². The van der Waals surface area contributed by atoms with Crippen molar-refractivity contribution >= 4 is 11.6 Å². The van der Waals surface area contributed by atoms with Crippen molar-refractivity contribution in [1.82, 2.24) is 4.90 Å². The summed E-state index contributed by atoms with van der Waals surface area (Å²) in [5.74, 6) is -0.601. The number of carbonyl (C=O) groups excluding carboxylic acids is 2. The predicted octanol–water partition coefficient (Wildman–Crippen LogP) is 3.64. The molecule has 0 spiro atoms.